The van der Waals surface area contributed by atoms with Gasteiger partial charge in [-0.05, 0) is 55.0 Å². The second-order valence-corrected chi connectivity index (χ2v) is 6.58. The van der Waals surface area contributed by atoms with E-state index in [0.29, 0.717) is 46.7 Å². The molecule has 0 bridgehead atoms. The number of rotatable bonds is 8. The van der Waals surface area contributed by atoms with Gasteiger partial charge in [-0.25, -0.2) is 9.97 Å². The van der Waals surface area contributed by atoms with Gasteiger partial charge in [-0.15, -0.1) is 0 Å². The fourth-order valence-corrected chi connectivity index (χ4v) is 2.74. The molecule has 3 aromatic rings. The number of hydrogen-bond acceptors (Lipinski definition) is 5. The van der Waals surface area contributed by atoms with Crippen molar-refractivity contribution in [2.24, 2.45) is 0 Å². The summed E-state index contributed by atoms with van der Waals surface area (Å²) in [6.07, 6.45) is 4.07. The Kier molecular flexibility index (Phi) is 7.06. The zero-order valence-electron chi connectivity index (χ0n) is 14.8. The predicted molar refractivity (Wildman–Crippen MR) is 108 cm³/mol. The summed E-state index contributed by atoms with van der Waals surface area (Å²) in [7, 11) is 0. The molecule has 1 N–H and O–H groups in total. The molecule has 0 spiro atoms. The second kappa shape index (κ2) is 9.92. The first-order valence-electron chi connectivity index (χ1n) is 8.53. The van der Waals surface area contributed by atoms with E-state index in [0.717, 1.165) is 0 Å². The van der Waals surface area contributed by atoms with Crippen molar-refractivity contribution in [2.45, 2.75) is 12.8 Å². The van der Waals surface area contributed by atoms with Crippen molar-refractivity contribution in [3.8, 4) is 17.5 Å². The van der Waals surface area contributed by atoms with Crippen molar-refractivity contribution in [1.29, 1.82) is 0 Å². The minimum absolute atomic E-state index is 0.106. The normalized spacial score (nSPS) is 10.4. The Balaban J connectivity index is 1.40. The van der Waals surface area contributed by atoms with Gasteiger partial charge in [0.05, 0.1) is 11.6 Å². The molecule has 0 unspecified atom stereocenters. The lowest BCUT2D eigenvalue weighted by Gasteiger charge is -2.09. The number of halogens is 2. The fourth-order valence-electron chi connectivity index (χ4n) is 2.28. The van der Waals surface area contributed by atoms with Crippen molar-refractivity contribution in [3.63, 3.8) is 0 Å². The molecule has 0 saturated heterocycles. The molecule has 0 aliphatic carbocycles. The van der Waals surface area contributed by atoms with E-state index in [1.807, 2.05) is 0 Å². The van der Waals surface area contributed by atoms with Gasteiger partial charge in [-0.3, -0.25) is 4.79 Å². The van der Waals surface area contributed by atoms with Gasteiger partial charge < -0.3 is 14.8 Å². The number of nitrogens with one attached hydrogen (secondary N) is 1. The summed E-state index contributed by atoms with van der Waals surface area (Å²) in [4.78, 5) is 20.0. The fraction of sp³-hybridized carbons (Fsp3) is 0.150. The highest BCUT2D eigenvalue weighted by atomic mass is 35.5. The smallest absolute Gasteiger partial charge is 0.321 e. The molecule has 0 aliphatic rings. The summed E-state index contributed by atoms with van der Waals surface area (Å²) < 4.78 is 11.1. The van der Waals surface area contributed by atoms with Crippen LogP contribution in [0.5, 0.6) is 17.5 Å². The number of ether oxygens (including phenoxy) is 2. The summed E-state index contributed by atoms with van der Waals surface area (Å²) in [6, 6.07) is 14.0. The molecule has 28 heavy (non-hydrogen) atoms. The molecule has 2 aromatic carbocycles. The number of nitrogens with zero attached hydrogens (tertiary/aromatic N) is 2. The molecule has 1 amide bonds. The third-order valence-electron chi connectivity index (χ3n) is 3.59. The van der Waals surface area contributed by atoms with E-state index in [-0.39, 0.29) is 11.9 Å². The number of aromatic nitrogens is 2. The Morgan fingerprint density at radius 3 is 2.50 bits per heavy atom. The molecule has 0 fully saturated rings. The van der Waals surface area contributed by atoms with E-state index < -0.39 is 0 Å². The van der Waals surface area contributed by atoms with Crippen LogP contribution in [0.3, 0.4) is 0 Å². The van der Waals surface area contributed by atoms with Gasteiger partial charge in [0.2, 0.25) is 5.91 Å². The van der Waals surface area contributed by atoms with Gasteiger partial charge in [-0.1, -0.05) is 23.2 Å². The first-order valence-corrected chi connectivity index (χ1v) is 9.28. The van der Waals surface area contributed by atoms with Crippen LogP contribution in [-0.2, 0) is 4.79 Å². The molecule has 8 heteroatoms. The standard InChI is InChI=1S/C20H17Cl2N3O3/c21-14-4-9-18(17(22)13-14)27-12-1-3-19(26)25-15-5-7-16(8-6-15)28-20-23-10-2-11-24-20/h2,4-11,13H,1,3,12H2,(H,25,26). The Hall–Kier alpha value is -2.83. The van der Waals surface area contributed by atoms with E-state index in [9.17, 15) is 4.79 Å². The van der Waals surface area contributed by atoms with Gasteiger partial charge in [-0.2, -0.15) is 0 Å². The minimum atomic E-state index is -0.106. The van der Waals surface area contributed by atoms with Gasteiger partial charge in [0.1, 0.15) is 11.5 Å². The molecular weight excluding hydrogens is 401 g/mol. The highest BCUT2D eigenvalue weighted by molar-refractivity contribution is 6.35. The molecule has 3 rings (SSSR count). The van der Waals surface area contributed by atoms with E-state index in [2.05, 4.69) is 15.3 Å². The third kappa shape index (κ3) is 6.11. The Morgan fingerprint density at radius 2 is 1.79 bits per heavy atom. The Morgan fingerprint density at radius 1 is 1.04 bits per heavy atom. The van der Waals surface area contributed by atoms with Crippen LogP contribution in [0.2, 0.25) is 10.0 Å². The van der Waals surface area contributed by atoms with Crippen molar-refractivity contribution in [3.05, 3.63) is 71.0 Å². The van der Waals surface area contributed by atoms with Crippen molar-refractivity contribution in [1.82, 2.24) is 9.97 Å². The molecular formula is C20H17Cl2N3O3. The van der Waals surface area contributed by atoms with Crippen LogP contribution >= 0.6 is 23.2 Å². The number of amides is 1. The number of carbonyl (C=O) groups excluding carboxylic acids is 1. The van der Waals surface area contributed by atoms with Crippen LogP contribution < -0.4 is 14.8 Å². The van der Waals surface area contributed by atoms with E-state index in [1.165, 1.54) is 0 Å². The van der Waals surface area contributed by atoms with Crippen molar-refractivity contribution >= 4 is 34.8 Å². The maximum Gasteiger partial charge on any atom is 0.321 e. The predicted octanol–water partition coefficient (Wildman–Crippen LogP) is 5.37. The minimum Gasteiger partial charge on any atom is -0.492 e. The molecule has 0 atom stereocenters. The van der Waals surface area contributed by atoms with E-state index in [4.69, 9.17) is 32.7 Å². The summed E-state index contributed by atoms with van der Waals surface area (Å²) >= 11 is 11.9. The van der Waals surface area contributed by atoms with Gasteiger partial charge in [0.15, 0.2) is 0 Å². The Bertz CT molecular complexity index is 922. The van der Waals surface area contributed by atoms with Gasteiger partial charge >= 0.3 is 6.01 Å². The Labute approximate surface area is 172 Å². The number of anilines is 1. The first-order chi connectivity index (χ1) is 13.6. The molecule has 0 aliphatic heterocycles. The van der Waals surface area contributed by atoms with Crippen LogP contribution in [-0.4, -0.2) is 22.5 Å². The van der Waals surface area contributed by atoms with Crippen molar-refractivity contribution in [2.75, 3.05) is 11.9 Å². The highest BCUT2D eigenvalue weighted by Crippen LogP contribution is 2.27. The quantitative estimate of drug-likeness (QED) is 0.498. The molecule has 0 saturated carbocycles. The van der Waals surface area contributed by atoms with Crippen LogP contribution in [0.15, 0.2) is 60.9 Å². The van der Waals surface area contributed by atoms with Crippen LogP contribution in [0.25, 0.3) is 0 Å². The molecule has 0 radical (unpaired) electrons. The second-order valence-electron chi connectivity index (χ2n) is 5.73. The first kappa shape index (κ1) is 19.9. The van der Waals surface area contributed by atoms with E-state index in [1.54, 1.807) is 60.9 Å². The van der Waals surface area contributed by atoms with Gasteiger partial charge in [0, 0.05) is 29.5 Å². The van der Waals surface area contributed by atoms with E-state index >= 15 is 0 Å². The average Bonchev–Trinajstić information content (AvgIpc) is 2.69. The molecule has 144 valence electrons. The largest absolute Gasteiger partial charge is 0.492 e. The molecule has 1 heterocycles. The van der Waals surface area contributed by atoms with Crippen LogP contribution in [0, 0.1) is 0 Å². The third-order valence-corrected chi connectivity index (χ3v) is 4.12. The van der Waals surface area contributed by atoms with Gasteiger partial charge in [0.25, 0.3) is 0 Å². The lowest BCUT2D eigenvalue weighted by molar-refractivity contribution is -0.116. The topological polar surface area (TPSA) is 73.3 Å². The number of carbonyl (C=O) groups is 1. The molecule has 1 aromatic heterocycles. The number of benzene rings is 2. The highest BCUT2D eigenvalue weighted by Gasteiger charge is 2.06. The maximum atomic E-state index is 12.0. The average molecular weight is 418 g/mol. The van der Waals surface area contributed by atoms with Crippen LogP contribution in [0.1, 0.15) is 12.8 Å². The molecule has 6 nitrogen and oxygen atoms in total. The summed E-state index contributed by atoms with van der Waals surface area (Å²) in [5.74, 6) is 1.02. The zero-order chi connectivity index (χ0) is 19.8. The monoisotopic (exact) mass is 417 g/mol. The summed E-state index contributed by atoms with van der Waals surface area (Å²) in [5, 5.41) is 3.82. The summed E-state index contributed by atoms with van der Waals surface area (Å²) in [5.41, 5.74) is 0.674. The lowest BCUT2D eigenvalue weighted by Crippen LogP contribution is -2.12. The van der Waals surface area contributed by atoms with Crippen LogP contribution in [0.4, 0.5) is 5.69 Å². The van der Waals surface area contributed by atoms with Crippen molar-refractivity contribution < 1.29 is 14.3 Å². The number of hydrogen-bond donors (Lipinski definition) is 1. The summed E-state index contributed by atoms with van der Waals surface area (Å²) in [6.45, 7) is 0.374. The lowest BCUT2D eigenvalue weighted by atomic mass is 10.2. The maximum absolute atomic E-state index is 12.0. The zero-order valence-corrected chi connectivity index (χ0v) is 16.3. The SMILES string of the molecule is O=C(CCCOc1ccc(Cl)cc1Cl)Nc1ccc(Oc2ncccn2)cc1.